The fourth-order valence-corrected chi connectivity index (χ4v) is 6.07. The summed E-state index contributed by atoms with van der Waals surface area (Å²) in [6.07, 6.45) is 18.4. The Hall–Kier alpha value is -1.02. The molecule has 9 heteroatoms. The summed E-state index contributed by atoms with van der Waals surface area (Å²) in [5.74, 6) is -0.279. The molecule has 8 nitrogen and oxygen atoms in total. The van der Waals surface area contributed by atoms with Crippen LogP contribution in [0.2, 0.25) is 0 Å². The Kier molecular flexibility index (Phi) is 23.5. The van der Waals surface area contributed by atoms with Crippen molar-refractivity contribution in [3.8, 4) is 0 Å². The van der Waals surface area contributed by atoms with Gasteiger partial charge in [-0.15, -0.1) is 0 Å². The van der Waals surface area contributed by atoms with Gasteiger partial charge in [-0.1, -0.05) is 154 Å². The van der Waals surface area contributed by atoms with Crippen LogP contribution >= 0.6 is 7.82 Å². The van der Waals surface area contributed by atoms with Crippen molar-refractivity contribution >= 4 is 13.7 Å². The number of quaternary nitrogens is 1. The SMILES string of the molecule is [2H]C([2H])([2H])C([2H])([2H])C([2H])([2H])C([2H])([2H])CCCC/C=C/CCCCCCCC(=O)N[C@@H](COP(=O)(O)OCC[N+](C)(C)C)[C@H](O)/C=C/CCCCCCCCCCCCC. The second-order valence-electron chi connectivity index (χ2n) is 14.5. The van der Waals surface area contributed by atoms with Gasteiger partial charge < -0.3 is 19.8 Å². The van der Waals surface area contributed by atoms with Gasteiger partial charge in [0.1, 0.15) is 13.2 Å². The molecule has 1 unspecified atom stereocenters. The molecule has 0 heterocycles. The van der Waals surface area contributed by atoms with Crippen LogP contribution in [0.25, 0.3) is 0 Å². The lowest BCUT2D eigenvalue weighted by Crippen LogP contribution is -2.45. The molecule has 0 spiro atoms. The van der Waals surface area contributed by atoms with Gasteiger partial charge in [0.25, 0.3) is 0 Å². The number of nitrogens with one attached hydrogen (secondary N) is 1. The molecule has 0 aliphatic heterocycles. The second kappa shape index (κ2) is 33.8. The molecular weight excluding hydrogens is 647 g/mol. The third-order valence-electron chi connectivity index (χ3n) is 8.51. The number of phosphoric ester groups is 1. The van der Waals surface area contributed by atoms with Crippen LogP contribution in [0.3, 0.4) is 0 Å². The quantitative estimate of drug-likeness (QED) is 0.0254. The predicted molar refractivity (Wildman–Crippen MR) is 212 cm³/mol. The molecule has 0 saturated heterocycles. The first kappa shape index (κ1) is 34.7. The lowest BCUT2D eigenvalue weighted by molar-refractivity contribution is -0.870. The number of amides is 1. The molecule has 0 radical (unpaired) electrons. The van der Waals surface area contributed by atoms with E-state index in [9.17, 15) is 19.4 Å². The third-order valence-corrected chi connectivity index (χ3v) is 9.50. The van der Waals surface area contributed by atoms with E-state index >= 15 is 0 Å². The molecule has 0 aromatic heterocycles. The van der Waals surface area contributed by atoms with Crippen LogP contribution in [0.5, 0.6) is 0 Å². The molecule has 1 amide bonds. The number of carbonyl (C=O) groups is 1. The van der Waals surface area contributed by atoms with Crippen LogP contribution in [0.1, 0.15) is 193 Å². The number of carbonyl (C=O) groups excluding carboxylic acids is 1. The van der Waals surface area contributed by atoms with Crippen molar-refractivity contribution < 1.29 is 45.2 Å². The fraction of sp³-hybridized carbons (Fsp3) is 0.878. The number of likely N-dealkylation sites (N-methyl/N-ethyl adjacent to an activating group) is 1. The van der Waals surface area contributed by atoms with Crippen LogP contribution in [0, 0.1) is 0 Å². The molecule has 0 aliphatic carbocycles. The number of aliphatic hydroxyl groups is 1. The number of nitrogens with zero attached hydrogens (tertiary/aromatic N) is 1. The number of phosphoric acid groups is 1. The number of aliphatic hydroxyl groups excluding tert-OH is 1. The first-order valence-corrected chi connectivity index (χ1v) is 21.1. The summed E-state index contributed by atoms with van der Waals surface area (Å²) in [7, 11) is 1.40. The van der Waals surface area contributed by atoms with E-state index in [0.29, 0.717) is 30.3 Å². The molecular formula is C41H82N2O6P+. The molecule has 0 saturated carbocycles. The summed E-state index contributed by atoms with van der Waals surface area (Å²) >= 11 is 0. The molecule has 3 N–H and O–H groups in total. The Labute approximate surface area is 322 Å². The molecule has 50 heavy (non-hydrogen) atoms. The standard InChI is InChI=1S/C41H81N2O6P/c1-6-8-10-12-14-16-18-20-21-23-25-27-29-31-33-35-41(45)42-39(38-49-50(46,47)48-37-36-43(3,4)5)40(44)34-32-30-28-26-24-22-19-17-15-13-11-9-7-2/h20-21,32,34,39-40,44H,6-19,22-31,33,35-38H2,1-5H3,(H-,42,45,46,47)/p+1/b21-20+,34-32+/t39-,40+/m0/s1/i1D3,6D2,8D2,10D2. The molecule has 0 aromatic rings. The van der Waals surface area contributed by atoms with Crippen molar-refractivity contribution in [3.63, 3.8) is 0 Å². The zero-order chi connectivity index (χ0) is 45.1. The second-order valence-corrected chi connectivity index (χ2v) is 15.9. The summed E-state index contributed by atoms with van der Waals surface area (Å²) in [5, 5.41) is 13.7. The topological polar surface area (TPSA) is 105 Å². The van der Waals surface area contributed by atoms with Crippen LogP contribution < -0.4 is 5.32 Å². The van der Waals surface area contributed by atoms with Gasteiger partial charge in [-0.25, -0.2) is 4.57 Å². The van der Waals surface area contributed by atoms with Gasteiger partial charge in [-0.3, -0.25) is 13.8 Å². The highest BCUT2D eigenvalue weighted by Crippen LogP contribution is 2.43. The van der Waals surface area contributed by atoms with Crippen LogP contribution in [0.15, 0.2) is 24.3 Å². The van der Waals surface area contributed by atoms with Gasteiger partial charge in [0.2, 0.25) is 5.91 Å². The average molecular weight is 739 g/mol. The van der Waals surface area contributed by atoms with Gasteiger partial charge in [0.15, 0.2) is 0 Å². The highest BCUT2D eigenvalue weighted by atomic mass is 31.2. The van der Waals surface area contributed by atoms with Crippen molar-refractivity contribution in [2.45, 2.75) is 193 Å². The first-order chi connectivity index (χ1) is 27.4. The zero-order valence-corrected chi connectivity index (χ0v) is 33.2. The Morgan fingerprint density at radius 3 is 1.86 bits per heavy atom. The van der Waals surface area contributed by atoms with Crippen LogP contribution in [0.4, 0.5) is 0 Å². The normalized spacial score (nSPS) is 18.6. The summed E-state index contributed by atoms with van der Waals surface area (Å²) in [5.41, 5.74) is 0. The van der Waals surface area contributed by atoms with E-state index in [1.54, 1.807) is 6.08 Å². The smallest absolute Gasteiger partial charge is 0.387 e. The molecule has 3 atom stereocenters. The van der Waals surface area contributed by atoms with Crippen LogP contribution in [-0.2, 0) is 18.4 Å². The van der Waals surface area contributed by atoms with E-state index in [2.05, 4.69) is 12.2 Å². The average Bonchev–Trinajstić information content (AvgIpc) is 3.12. The number of allylic oxidation sites excluding steroid dienone is 3. The van der Waals surface area contributed by atoms with Gasteiger partial charge in [-0.05, 0) is 44.9 Å². The molecule has 0 aliphatic rings. The Morgan fingerprint density at radius 2 is 1.30 bits per heavy atom. The largest absolute Gasteiger partial charge is 0.472 e. The van der Waals surface area contributed by atoms with Gasteiger partial charge in [0.05, 0.1) is 39.9 Å². The van der Waals surface area contributed by atoms with Gasteiger partial charge >= 0.3 is 7.82 Å². The maximum absolute atomic E-state index is 12.9. The van der Waals surface area contributed by atoms with Crippen molar-refractivity contribution in [1.82, 2.24) is 5.32 Å². The molecule has 0 bridgehead atoms. The van der Waals surface area contributed by atoms with Gasteiger partial charge in [-0.2, -0.15) is 0 Å². The Bertz CT molecular complexity index is 1220. The Balaban J connectivity index is 4.63. The summed E-state index contributed by atoms with van der Waals surface area (Å²) in [4.78, 5) is 23.1. The van der Waals surface area contributed by atoms with Crippen molar-refractivity contribution in [1.29, 1.82) is 0 Å². The fourth-order valence-electron chi connectivity index (χ4n) is 5.34. The van der Waals surface area contributed by atoms with Crippen molar-refractivity contribution in [2.24, 2.45) is 0 Å². The van der Waals surface area contributed by atoms with Crippen molar-refractivity contribution in [2.75, 3.05) is 40.9 Å². The highest BCUT2D eigenvalue weighted by Gasteiger charge is 2.27. The van der Waals surface area contributed by atoms with E-state index in [4.69, 9.17) is 21.4 Å². The summed E-state index contributed by atoms with van der Waals surface area (Å²) in [6, 6.07) is -0.928. The van der Waals surface area contributed by atoms with E-state index in [1.807, 2.05) is 39.4 Å². The summed E-state index contributed by atoms with van der Waals surface area (Å²) < 4.78 is 92.6. The van der Waals surface area contributed by atoms with Crippen molar-refractivity contribution in [3.05, 3.63) is 24.3 Å². The molecule has 296 valence electrons. The zero-order valence-electron chi connectivity index (χ0n) is 41.3. The minimum Gasteiger partial charge on any atom is -0.387 e. The minimum absolute atomic E-state index is 0.0112. The van der Waals surface area contributed by atoms with E-state index in [-0.39, 0.29) is 38.4 Å². The van der Waals surface area contributed by atoms with E-state index in [1.165, 1.54) is 57.8 Å². The Morgan fingerprint density at radius 1 is 0.780 bits per heavy atom. The van der Waals surface area contributed by atoms with Crippen LogP contribution in [-0.4, -0.2) is 73.4 Å². The minimum atomic E-state index is -4.40. The number of unbranched alkanes of at least 4 members (excludes halogenated alkanes) is 18. The molecule has 0 fully saturated rings. The predicted octanol–water partition coefficient (Wildman–Crippen LogP) is 11.0. The monoisotopic (exact) mass is 739 g/mol. The maximum Gasteiger partial charge on any atom is 0.472 e. The third kappa shape index (κ3) is 35.4. The first-order valence-electron chi connectivity index (χ1n) is 24.1. The van der Waals surface area contributed by atoms with E-state index < -0.39 is 45.9 Å². The molecule has 0 rings (SSSR count). The highest BCUT2D eigenvalue weighted by molar-refractivity contribution is 7.47. The molecule has 0 aromatic carbocycles. The number of hydrogen-bond acceptors (Lipinski definition) is 5. The van der Waals surface area contributed by atoms with Gasteiger partial charge in [0, 0.05) is 18.8 Å². The van der Waals surface area contributed by atoms with E-state index in [0.717, 1.165) is 51.4 Å². The number of hydrogen-bond donors (Lipinski definition) is 3. The lowest BCUT2D eigenvalue weighted by atomic mass is 10.0. The maximum atomic E-state index is 12.9. The lowest BCUT2D eigenvalue weighted by Gasteiger charge is -2.25. The summed E-state index contributed by atoms with van der Waals surface area (Å²) in [6.45, 7) is -0.941. The number of rotatable bonds is 37.